The van der Waals surface area contributed by atoms with Gasteiger partial charge in [0.25, 0.3) is 10.1 Å². The zero-order valence-corrected chi connectivity index (χ0v) is 16.9. The molecule has 0 unspecified atom stereocenters. The van der Waals surface area contributed by atoms with Crippen LogP contribution in [0.3, 0.4) is 0 Å². The van der Waals surface area contributed by atoms with Crippen LogP contribution in [-0.2, 0) is 18.7 Å². The molecule has 2 atom stereocenters. The first kappa shape index (κ1) is 20.4. The Hall–Kier alpha value is -0.693. The van der Waals surface area contributed by atoms with Crippen LogP contribution in [0.15, 0.2) is 29.2 Å². The molecule has 0 radical (unpaired) electrons. The largest absolute Gasteiger partial charge is 0.417 e. The lowest BCUT2D eigenvalue weighted by atomic mass is 9.99. The molecule has 0 fully saturated rings. The summed E-state index contributed by atoms with van der Waals surface area (Å²) in [6.45, 7) is 13.5. The van der Waals surface area contributed by atoms with Crippen LogP contribution in [0, 0.1) is 18.8 Å². The topological polar surface area (TPSA) is 52.6 Å². The van der Waals surface area contributed by atoms with Crippen LogP contribution in [0.1, 0.15) is 25.8 Å². The number of benzene rings is 1. The zero-order valence-electron chi connectivity index (χ0n) is 15.1. The van der Waals surface area contributed by atoms with E-state index in [1.807, 2.05) is 13.8 Å². The van der Waals surface area contributed by atoms with Gasteiger partial charge in [0.05, 0.1) is 11.5 Å². The number of rotatable bonds is 9. The van der Waals surface area contributed by atoms with E-state index in [1.54, 1.807) is 24.3 Å². The van der Waals surface area contributed by atoms with E-state index in [4.69, 9.17) is 8.61 Å². The molecule has 0 heterocycles. The van der Waals surface area contributed by atoms with E-state index in [0.29, 0.717) is 5.92 Å². The van der Waals surface area contributed by atoms with Crippen LogP contribution in [0.25, 0.3) is 0 Å². The molecular formula is C17H30O4SSi. The van der Waals surface area contributed by atoms with E-state index in [2.05, 4.69) is 26.6 Å². The average Bonchev–Trinajstić information content (AvgIpc) is 2.43. The Labute approximate surface area is 142 Å². The highest BCUT2D eigenvalue weighted by atomic mass is 32.2. The monoisotopic (exact) mass is 358 g/mol. The van der Waals surface area contributed by atoms with E-state index < -0.39 is 18.4 Å². The van der Waals surface area contributed by atoms with Crippen LogP contribution in [0.5, 0.6) is 0 Å². The fourth-order valence-electron chi connectivity index (χ4n) is 2.19. The van der Waals surface area contributed by atoms with Crippen LogP contribution in [-0.4, -0.2) is 29.9 Å². The van der Waals surface area contributed by atoms with E-state index in [1.165, 1.54) is 0 Å². The van der Waals surface area contributed by atoms with Gasteiger partial charge in [-0.1, -0.05) is 31.5 Å². The minimum absolute atomic E-state index is 0.162. The van der Waals surface area contributed by atoms with Crippen LogP contribution >= 0.6 is 0 Å². The van der Waals surface area contributed by atoms with Crippen molar-refractivity contribution in [3.63, 3.8) is 0 Å². The number of hydrogen-bond acceptors (Lipinski definition) is 4. The standard InChI is InChI=1S/C17H30O4SSi/c1-14-7-9-17(10-8-14)22(18,19)20-12-15(2)11-16(3)13-21-23(4,5)6/h7-10,15-16H,11-13H2,1-6H3/t15-,16-/m0/s1. The molecule has 0 aliphatic rings. The second kappa shape index (κ2) is 8.42. The molecule has 0 bridgehead atoms. The average molecular weight is 359 g/mol. The van der Waals surface area contributed by atoms with Gasteiger partial charge in [0.15, 0.2) is 8.32 Å². The molecule has 0 N–H and O–H groups in total. The van der Waals surface area contributed by atoms with Gasteiger partial charge in [-0.3, -0.25) is 4.18 Å². The molecule has 0 aliphatic heterocycles. The van der Waals surface area contributed by atoms with Gasteiger partial charge in [0.2, 0.25) is 0 Å². The molecule has 132 valence electrons. The van der Waals surface area contributed by atoms with Gasteiger partial charge in [0.1, 0.15) is 0 Å². The highest BCUT2D eigenvalue weighted by Crippen LogP contribution is 2.18. The Morgan fingerprint density at radius 1 is 1.00 bits per heavy atom. The lowest BCUT2D eigenvalue weighted by Gasteiger charge is -2.22. The molecular weight excluding hydrogens is 328 g/mol. The summed E-state index contributed by atoms with van der Waals surface area (Å²) in [5.74, 6) is 0.554. The minimum atomic E-state index is -3.67. The van der Waals surface area contributed by atoms with E-state index in [0.717, 1.165) is 18.6 Å². The Bertz CT molecular complexity index is 576. The first-order valence-corrected chi connectivity index (χ1v) is 12.9. The SMILES string of the molecule is Cc1ccc(S(=O)(=O)OC[C@@H](C)C[C@H](C)CO[Si](C)(C)C)cc1. The molecule has 1 rings (SSSR count). The molecule has 0 spiro atoms. The third-order valence-corrected chi connectivity index (χ3v) is 5.75. The molecule has 0 aliphatic carbocycles. The third kappa shape index (κ3) is 8.10. The van der Waals surface area contributed by atoms with Crippen LogP contribution in [0.4, 0.5) is 0 Å². The van der Waals surface area contributed by atoms with Crippen LogP contribution < -0.4 is 0 Å². The minimum Gasteiger partial charge on any atom is -0.417 e. The summed E-state index contributed by atoms with van der Waals surface area (Å²) in [5.41, 5.74) is 1.02. The van der Waals surface area contributed by atoms with Crippen molar-refractivity contribution in [3.05, 3.63) is 29.8 Å². The fourth-order valence-corrected chi connectivity index (χ4v) is 4.00. The van der Waals surface area contributed by atoms with Gasteiger partial charge in [-0.15, -0.1) is 0 Å². The smallest absolute Gasteiger partial charge is 0.296 e. The maximum atomic E-state index is 12.1. The van der Waals surface area contributed by atoms with Crippen molar-refractivity contribution in [2.45, 2.75) is 51.7 Å². The second-order valence-corrected chi connectivity index (χ2v) is 13.5. The molecule has 23 heavy (non-hydrogen) atoms. The molecule has 1 aromatic rings. The normalized spacial score (nSPS) is 15.4. The summed E-state index contributed by atoms with van der Waals surface area (Å²) >= 11 is 0. The Morgan fingerprint density at radius 3 is 2.04 bits per heavy atom. The van der Waals surface area contributed by atoms with Crippen molar-refractivity contribution >= 4 is 18.4 Å². The van der Waals surface area contributed by atoms with Crippen molar-refractivity contribution in [1.29, 1.82) is 0 Å². The first-order valence-electron chi connectivity index (χ1n) is 8.09. The first-order chi connectivity index (χ1) is 10.5. The Kier molecular flexibility index (Phi) is 7.45. The molecule has 4 nitrogen and oxygen atoms in total. The van der Waals surface area contributed by atoms with Crippen molar-refractivity contribution in [2.75, 3.05) is 13.2 Å². The molecule has 0 amide bonds. The molecule has 0 saturated carbocycles. The summed E-state index contributed by atoms with van der Waals surface area (Å²) in [6.07, 6.45) is 0.883. The molecule has 6 heteroatoms. The van der Waals surface area contributed by atoms with Crippen molar-refractivity contribution in [3.8, 4) is 0 Å². The predicted octanol–water partition coefficient (Wildman–Crippen LogP) is 4.21. The summed E-state index contributed by atoms with van der Waals surface area (Å²) < 4.78 is 35.4. The maximum Gasteiger partial charge on any atom is 0.296 e. The van der Waals surface area contributed by atoms with Gasteiger partial charge < -0.3 is 4.43 Å². The summed E-state index contributed by atoms with van der Waals surface area (Å²) in [6, 6.07) is 6.71. The molecule has 0 saturated heterocycles. The van der Waals surface area contributed by atoms with Gasteiger partial charge >= 0.3 is 0 Å². The lowest BCUT2D eigenvalue weighted by molar-refractivity contribution is 0.197. The van der Waals surface area contributed by atoms with E-state index >= 15 is 0 Å². The van der Waals surface area contributed by atoms with E-state index in [-0.39, 0.29) is 17.4 Å². The molecule has 1 aromatic carbocycles. The van der Waals surface area contributed by atoms with Gasteiger partial charge in [-0.2, -0.15) is 8.42 Å². The maximum absolute atomic E-state index is 12.1. The number of aryl methyl sites for hydroxylation is 1. The fraction of sp³-hybridized carbons (Fsp3) is 0.647. The van der Waals surface area contributed by atoms with Crippen molar-refractivity contribution in [1.82, 2.24) is 0 Å². The van der Waals surface area contributed by atoms with Gasteiger partial charge in [-0.25, -0.2) is 0 Å². The van der Waals surface area contributed by atoms with Crippen molar-refractivity contribution < 1.29 is 17.0 Å². The highest BCUT2D eigenvalue weighted by molar-refractivity contribution is 7.86. The summed E-state index contributed by atoms with van der Waals surface area (Å²) in [5, 5.41) is 0. The Balaban J connectivity index is 2.45. The van der Waals surface area contributed by atoms with Gasteiger partial charge in [-0.05, 0) is 57.0 Å². The predicted molar refractivity (Wildman–Crippen MR) is 96.6 cm³/mol. The van der Waals surface area contributed by atoms with Crippen molar-refractivity contribution in [2.24, 2.45) is 11.8 Å². The third-order valence-electron chi connectivity index (χ3n) is 3.42. The molecule has 0 aromatic heterocycles. The summed E-state index contributed by atoms with van der Waals surface area (Å²) in [4.78, 5) is 0.213. The second-order valence-electron chi connectivity index (χ2n) is 7.42. The highest BCUT2D eigenvalue weighted by Gasteiger charge is 2.19. The number of hydrogen-bond donors (Lipinski definition) is 0. The quantitative estimate of drug-likeness (QED) is 0.490. The Morgan fingerprint density at radius 2 is 1.52 bits per heavy atom. The summed E-state index contributed by atoms with van der Waals surface area (Å²) in [7, 11) is -5.16. The lowest BCUT2D eigenvalue weighted by Crippen LogP contribution is -2.28. The van der Waals surface area contributed by atoms with Gasteiger partial charge in [0, 0.05) is 6.61 Å². The van der Waals surface area contributed by atoms with Crippen LogP contribution in [0.2, 0.25) is 19.6 Å². The van der Waals surface area contributed by atoms with E-state index in [9.17, 15) is 8.42 Å². The zero-order chi connectivity index (χ0) is 17.7.